The van der Waals surface area contributed by atoms with E-state index in [9.17, 15) is 18.7 Å². The summed E-state index contributed by atoms with van der Waals surface area (Å²) in [6, 6.07) is 1.88. The fraction of sp³-hybridized carbons (Fsp3) is 0.500. The molecule has 2 rings (SSSR count). The minimum atomic E-state index is -1.00. The van der Waals surface area contributed by atoms with Crippen LogP contribution in [-0.2, 0) is 0 Å². The van der Waals surface area contributed by atoms with Gasteiger partial charge in [-0.1, -0.05) is 0 Å². The average molecular weight is 301 g/mol. The van der Waals surface area contributed by atoms with Gasteiger partial charge in [0.15, 0.2) is 0 Å². The molecule has 1 aliphatic heterocycles. The normalized spacial score (nSPS) is 22.2. The van der Waals surface area contributed by atoms with Crippen LogP contribution in [0.25, 0.3) is 0 Å². The Morgan fingerprint density at radius 3 is 2.52 bits per heavy atom. The number of benzene rings is 1. The maximum atomic E-state index is 13.9. The molecule has 116 valence electrons. The van der Waals surface area contributed by atoms with Crippen molar-refractivity contribution in [2.24, 2.45) is 5.92 Å². The lowest BCUT2D eigenvalue weighted by Gasteiger charge is -2.35. The summed E-state index contributed by atoms with van der Waals surface area (Å²) >= 11 is 0. The molecule has 5 nitrogen and oxygen atoms in total. The molecule has 1 amide bonds. The Morgan fingerprint density at radius 2 is 2.05 bits per heavy atom. The van der Waals surface area contributed by atoms with E-state index in [4.69, 9.17) is 9.84 Å². The number of aliphatic hydroxyl groups excluding tert-OH is 2. The largest absolute Gasteiger partial charge is 0.497 e. The molecule has 1 aromatic rings. The van der Waals surface area contributed by atoms with Crippen LogP contribution in [-0.4, -0.2) is 53.9 Å². The number of aliphatic hydroxyl groups is 2. The number of amides is 1. The van der Waals surface area contributed by atoms with E-state index in [2.05, 4.69) is 0 Å². The molecular formula is C14H17F2NO4. The number of carbonyl (C=O) groups excluding carboxylic acids is 1. The molecule has 2 atom stereocenters. The molecule has 21 heavy (non-hydrogen) atoms. The molecule has 0 bridgehead atoms. The van der Waals surface area contributed by atoms with Gasteiger partial charge in [0.05, 0.1) is 13.2 Å². The van der Waals surface area contributed by atoms with Crippen molar-refractivity contribution in [1.29, 1.82) is 0 Å². The monoisotopic (exact) mass is 301 g/mol. The van der Waals surface area contributed by atoms with Gasteiger partial charge in [-0.25, -0.2) is 8.78 Å². The summed E-state index contributed by atoms with van der Waals surface area (Å²) in [5, 5.41) is 18.8. The summed E-state index contributed by atoms with van der Waals surface area (Å²) < 4.78 is 32.5. The third kappa shape index (κ3) is 3.14. The summed E-state index contributed by atoms with van der Waals surface area (Å²) in [5.41, 5.74) is -0.662. The average Bonchev–Trinajstić information content (AvgIpc) is 2.46. The Labute approximate surface area is 120 Å². The van der Waals surface area contributed by atoms with Gasteiger partial charge in [0, 0.05) is 37.7 Å². The highest BCUT2D eigenvalue weighted by Crippen LogP contribution is 2.24. The standard InChI is InChI=1S/C14H17F2NO4/c1-21-9-4-10(15)13(11(16)5-9)14(20)17-3-2-8(7-18)12(19)6-17/h4-5,8,12,18-19H,2-3,6-7H2,1H3/t8-,12+/m1/s1. The molecule has 2 N–H and O–H groups in total. The minimum Gasteiger partial charge on any atom is -0.497 e. The lowest BCUT2D eigenvalue weighted by Crippen LogP contribution is -2.48. The number of piperidine rings is 1. The minimum absolute atomic E-state index is 0.0134. The number of hydrogen-bond acceptors (Lipinski definition) is 4. The van der Waals surface area contributed by atoms with Crippen molar-refractivity contribution in [3.63, 3.8) is 0 Å². The second kappa shape index (κ2) is 6.36. The lowest BCUT2D eigenvalue weighted by molar-refractivity contribution is 0.000507. The van der Waals surface area contributed by atoms with Crippen molar-refractivity contribution in [1.82, 2.24) is 4.90 Å². The molecule has 0 unspecified atom stereocenters. The first-order valence-electron chi connectivity index (χ1n) is 6.59. The number of β-amino-alcohol motifs (C(OH)–C–C–N with tert-alkyl or cyclic N) is 1. The summed E-state index contributed by atoms with van der Waals surface area (Å²) in [4.78, 5) is 13.4. The molecule has 1 saturated heterocycles. The number of methoxy groups -OCH3 is 1. The van der Waals surface area contributed by atoms with Gasteiger partial charge >= 0.3 is 0 Å². The first kappa shape index (κ1) is 15.7. The van der Waals surface area contributed by atoms with Gasteiger partial charge in [0.1, 0.15) is 22.9 Å². The predicted octanol–water partition coefficient (Wildman–Crippen LogP) is 0.789. The maximum absolute atomic E-state index is 13.9. The highest BCUT2D eigenvalue weighted by Gasteiger charge is 2.32. The van der Waals surface area contributed by atoms with Crippen LogP contribution in [0.15, 0.2) is 12.1 Å². The van der Waals surface area contributed by atoms with Gasteiger partial charge < -0.3 is 19.8 Å². The molecule has 7 heteroatoms. The lowest BCUT2D eigenvalue weighted by atomic mass is 9.94. The van der Waals surface area contributed by atoms with E-state index in [0.717, 1.165) is 12.1 Å². The zero-order valence-electron chi connectivity index (χ0n) is 11.6. The summed E-state index contributed by atoms with van der Waals surface area (Å²) in [6.45, 7) is -0.0184. The summed E-state index contributed by atoms with van der Waals surface area (Å²) in [5.74, 6) is -3.16. The molecule has 1 fully saturated rings. The van der Waals surface area contributed by atoms with Crippen molar-refractivity contribution in [3.8, 4) is 5.75 Å². The number of likely N-dealkylation sites (tertiary alicyclic amines) is 1. The molecule has 1 aromatic carbocycles. The van der Waals surface area contributed by atoms with Crippen molar-refractivity contribution in [3.05, 3.63) is 29.3 Å². The van der Waals surface area contributed by atoms with Gasteiger partial charge in [-0.05, 0) is 6.42 Å². The van der Waals surface area contributed by atoms with Gasteiger partial charge in [-0.2, -0.15) is 0 Å². The van der Waals surface area contributed by atoms with Crippen LogP contribution in [0.3, 0.4) is 0 Å². The Hall–Kier alpha value is -1.73. The van der Waals surface area contributed by atoms with E-state index in [0.29, 0.717) is 6.42 Å². The number of ether oxygens (including phenoxy) is 1. The Balaban J connectivity index is 2.21. The van der Waals surface area contributed by atoms with Crippen LogP contribution in [0.4, 0.5) is 8.78 Å². The van der Waals surface area contributed by atoms with E-state index >= 15 is 0 Å². The molecule has 0 radical (unpaired) electrons. The van der Waals surface area contributed by atoms with Crippen molar-refractivity contribution in [2.75, 3.05) is 26.8 Å². The van der Waals surface area contributed by atoms with E-state index in [-0.39, 0.29) is 31.4 Å². The molecule has 0 aliphatic carbocycles. The SMILES string of the molecule is COc1cc(F)c(C(=O)N2CC[C@H](CO)[C@@H](O)C2)c(F)c1. The summed E-state index contributed by atoms with van der Waals surface area (Å²) in [6.07, 6.45) is -0.528. The zero-order valence-corrected chi connectivity index (χ0v) is 11.6. The molecule has 1 heterocycles. The number of halogens is 2. The number of hydrogen-bond donors (Lipinski definition) is 2. The van der Waals surface area contributed by atoms with Crippen molar-refractivity contribution >= 4 is 5.91 Å². The van der Waals surface area contributed by atoms with Gasteiger partial charge in [-0.3, -0.25) is 4.79 Å². The topological polar surface area (TPSA) is 70.0 Å². The quantitative estimate of drug-likeness (QED) is 0.866. The summed E-state index contributed by atoms with van der Waals surface area (Å²) in [7, 11) is 1.27. The predicted molar refractivity (Wildman–Crippen MR) is 70.0 cm³/mol. The van der Waals surface area contributed by atoms with Crippen molar-refractivity contribution in [2.45, 2.75) is 12.5 Å². The van der Waals surface area contributed by atoms with Gasteiger partial charge in [-0.15, -0.1) is 0 Å². The Bertz CT molecular complexity index is 515. The van der Waals surface area contributed by atoms with Gasteiger partial charge in [0.25, 0.3) is 5.91 Å². The highest BCUT2D eigenvalue weighted by atomic mass is 19.1. The third-order valence-electron chi connectivity index (χ3n) is 3.71. The fourth-order valence-corrected chi connectivity index (χ4v) is 2.41. The smallest absolute Gasteiger partial charge is 0.259 e. The van der Waals surface area contributed by atoms with Gasteiger partial charge in [0.2, 0.25) is 0 Å². The number of carbonyl (C=O) groups is 1. The first-order chi connectivity index (χ1) is 9.97. The van der Waals surface area contributed by atoms with Crippen LogP contribution in [0.2, 0.25) is 0 Å². The molecule has 0 aromatic heterocycles. The van der Waals surface area contributed by atoms with E-state index in [1.807, 2.05) is 0 Å². The van der Waals surface area contributed by atoms with Crippen LogP contribution in [0, 0.1) is 17.6 Å². The molecule has 0 spiro atoms. The van der Waals surface area contributed by atoms with Crippen LogP contribution in [0.1, 0.15) is 16.8 Å². The number of nitrogens with zero attached hydrogens (tertiary/aromatic N) is 1. The van der Waals surface area contributed by atoms with E-state index in [1.54, 1.807) is 0 Å². The third-order valence-corrected chi connectivity index (χ3v) is 3.71. The van der Waals surface area contributed by atoms with Crippen LogP contribution in [0.5, 0.6) is 5.75 Å². The van der Waals surface area contributed by atoms with E-state index < -0.39 is 29.2 Å². The second-order valence-corrected chi connectivity index (χ2v) is 5.02. The van der Waals surface area contributed by atoms with Crippen molar-refractivity contribution < 1.29 is 28.5 Å². The Kier molecular flexibility index (Phi) is 4.74. The first-order valence-corrected chi connectivity index (χ1v) is 6.59. The number of rotatable bonds is 3. The fourth-order valence-electron chi connectivity index (χ4n) is 2.41. The highest BCUT2D eigenvalue weighted by molar-refractivity contribution is 5.95. The zero-order chi connectivity index (χ0) is 15.6. The van der Waals surface area contributed by atoms with Crippen LogP contribution >= 0.6 is 0 Å². The Morgan fingerprint density at radius 1 is 1.43 bits per heavy atom. The second-order valence-electron chi connectivity index (χ2n) is 5.02. The van der Waals surface area contributed by atoms with Crippen LogP contribution < -0.4 is 4.74 Å². The molecular weight excluding hydrogens is 284 g/mol. The molecule has 0 saturated carbocycles. The molecule has 1 aliphatic rings. The van der Waals surface area contributed by atoms with E-state index in [1.165, 1.54) is 12.0 Å². The maximum Gasteiger partial charge on any atom is 0.259 e.